The lowest BCUT2D eigenvalue weighted by molar-refractivity contribution is 0.0601. The Morgan fingerprint density at radius 1 is 1.37 bits per heavy atom. The maximum Gasteiger partial charge on any atom is 0.340 e. The Balaban J connectivity index is 2.30. The number of carbonyl (C=O) groups is 1. The van der Waals surface area contributed by atoms with Crippen LogP contribution in [0, 0.1) is 0 Å². The molecule has 0 radical (unpaired) electrons. The SMILES string of the molecule is COC(=O)c1cc2ccncc2nc1-c1ccsc1. The number of carbonyl (C=O) groups excluding carboxylic acids is 1. The van der Waals surface area contributed by atoms with Gasteiger partial charge < -0.3 is 4.74 Å². The van der Waals surface area contributed by atoms with E-state index in [1.165, 1.54) is 7.11 Å². The predicted molar refractivity (Wildman–Crippen MR) is 74.2 cm³/mol. The average Bonchev–Trinajstić information content (AvgIpc) is 2.99. The molecule has 5 heteroatoms. The van der Waals surface area contributed by atoms with Gasteiger partial charge in [0.2, 0.25) is 0 Å². The summed E-state index contributed by atoms with van der Waals surface area (Å²) in [6.07, 6.45) is 3.36. The number of nitrogens with zero attached hydrogens (tertiary/aromatic N) is 2. The molecule has 0 aliphatic carbocycles. The number of hydrogen-bond donors (Lipinski definition) is 0. The van der Waals surface area contributed by atoms with Crippen LogP contribution < -0.4 is 0 Å². The highest BCUT2D eigenvalue weighted by Gasteiger charge is 2.16. The van der Waals surface area contributed by atoms with Crippen molar-refractivity contribution in [2.45, 2.75) is 0 Å². The number of fused-ring (bicyclic) bond motifs is 1. The summed E-state index contributed by atoms with van der Waals surface area (Å²) < 4.78 is 4.83. The van der Waals surface area contributed by atoms with E-state index in [4.69, 9.17) is 4.74 Å². The number of thiophene rings is 1. The highest BCUT2D eigenvalue weighted by atomic mass is 32.1. The first-order chi connectivity index (χ1) is 9.29. The number of esters is 1. The standard InChI is InChI=1S/C14H10N2O2S/c1-18-14(17)11-6-9-2-4-15-7-12(9)16-13(11)10-3-5-19-8-10/h2-8H,1H3. The fraction of sp³-hybridized carbons (Fsp3) is 0.0714. The van der Waals surface area contributed by atoms with Crippen LogP contribution >= 0.6 is 11.3 Å². The Morgan fingerprint density at radius 3 is 3.00 bits per heavy atom. The second-order valence-electron chi connectivity index (χ2n) is 3.96. The maximum absolute atomic E-state index is 11.9. The first-order valence-corrected chi connectivity index (χ1v) is 6.59. The van der Waals surface area contributed by atoms with E-state index in [0.29, 0.717) is 11.3 Å². The van der Waals surface area contributed by atoms with E-state index in [1.807, 2.05) is 22.9 Å². The summed E-state index contributed by atoms with van der Waals surface area (Å²) in [7, 11) is 1.37. The lowest BCUT2D eigenvalue weighted by Gasteiger charge is -2.07. The van der Waals surface area contributed by atoms with Gasteiger partial charge in [-0.2, -0.15) is 11.3 Å². The molecule has 0 saturated heterocycles. The molecule has 0 spiro atoms. The van der Waals surface area contributed by atoms with Gasteiger partial charge in [-0.15, -0.1) is 0 Å². The monoisotopic (exact) mass is 270 g/mol. The average molecular weight is 270 g/mol. The van der Waals surface area contributed by atoms with Crippen LogP contribution in [0.2, 0.25) is 0 Å². The minimum atomic E-state index is -0.382. The molecule has 94 valence electrons. The zero-order valence-corrected chi connectivity index (χ0v) is 11.0. The molecule has 0 unspecified atom stereocenters. The Kier molecular flexibility index (Phi) is 2.97. The van der Waals surface area contributed by atoms with Crippen molar-refractivity contribution < 1.29 is 9.53 Å². The predicted octanol–water partition coefficient (Wildman–Crippen LogP) is 3.14. The number of hydrogen-bond acceptors (Lipinski definition) is 5. The Hall–Kier alpha value is -2.27. The second kappa shape index (κ2) is 4.78. The van der Waals surface area contributed by atoms with Crippen LogP contribution in [-0.4, -0.2) is 23.0 Å². The quantitative estimate of drug-likeness (QED) is 0.671. The van der Waals surface area contributed by atoms with Crippen LogP contribution in [0.3, 0.4) is 0 Å². The number of methoxy groups -OCH3 is 1. The fourth-order valence-corrected chi connectivity index (χ4v) is 2.54. The van der Waals surface area contributed by atoms with Crippen molar-refractivity contribution in [2.24, 2.45) is 0 Å². The van der Waals surface area contributed by atoms with E-state index in [1.54, 1.807) is 29.8 Å². The molecule has 0 bridgehead atoms. The smallest absolute Gasteiger partial charge is 0.340 e. The first kappa shape index (κ1) is 11.8. The van der Waals surface area contributed by atoms with Gasteiger partial charge >= 0.3 is 5.97 Å². The maximum atomic E-state index is 11.9. The van der Waals surface area contributed by atoms with E-state index in [-0.39, 0.29) is 5.97 Å². The largest absolute Gasteiger partial charge is 0.465 e. The van der Waals surface area contributed by atoms with Crippen molar-refractivity contribution in [3.63, 3.8) is 0 Å². The molecule has 0 fully saturated rings. The summed E-state index contributed by atoms with van der Waals surface area (Å²) in [5, 5.41) is 4.78. The molecule has 0 aliphatic rings. The Morgan fingerprint density at radius 2 is 2.26 bits per heavy atom. The molecule has 3 rings (SSSR count). The zero-order chi connectivity index (χ0) is 13.2. The summed E-state index contributed by atoms with van der Waals surface area (Å²) in [5.74, 6) is -0.382. The van der Waals surface area contributed by atoms with Crippen molar-refractivity contribution in [3.8, 4) is 11.3 Å². The molecule has 0 saturated carbocycles. The van der Waals surface area contributed by atoms with E-state index >= 15 is 0 Å². The minimum Gasteiger partial charge on any atom is -0.465 e. The van der Waals surface area contributed by atoms with E-state index in [9.17, 15) is 4.79 Å². The van der Waals surface area contributed by atoms with Crippen molar-refractivity contribution in [3.05, 3.63) is 46.9 Å². The molecule has 0 aliphatic heterocycles. The second-order valence-corrected chi connectivity index (χ2v) is 4.74. The molecule has 0 N–H and O–H groups in total. The van der Waals surface area contributed by atoms with Gasteiger partial charge in [0, 0.05) is 22.5 Å². The number of ether oxygens (including phenoxy) is 1. The molecule has 3 aromatic heterocycles. The highest BCUT2D eigenvalue weighted by molar-refractivity contribution is 7.08. The topological polar surface area (TPSA) is 52.1 Å². The molecule has 19 heavy (non-hydrogen) atoms. The Labute approximate surface area is 113 Å². The van der Waals surface area contributed by atoms with Crippen LogP contribution in [-0.2, 0) is 4.74 Å². The molecule has 0 atom stereocenters. The van der Waals surface area contributed by atoms with Gasteiger partial charge in [0.25, 0.3) is 0 Å². The van der Waals surface area contributed by atoms with Gasteiger partial charge in [0.1, 0.15) is 0 Å². The van der Waals surface area contributed by atoms with Gasteiger partial charge in [-0.05, 0) is 23.6 Å². The van der Waals surface area contributed by atoms with Crippen LogP contribution in [0.15, 0.2) is 41.4 Å². The molecule has 0 aromatic carbocycles. The van der Waals surface area contributed by atoms with Gasteiger partial charge in [-0.25, -0.2) is 9.78 Å². The van der Waals surface area contributed by atoms with Crippen molar-refractivity contribution in [2.75, 3.05) is 7.11 Å². The van der Waals surface area contributed by atoms with E-state index in [0.717, 1.165) is 16.5 Å². The van der Waals surface area contributed by atoms with Crippen molar-refractivity contribution >= 4 is 28.2 Å². The third-order valence-electron chi connectivity index (χ3n) is 2.82. The van der Waals surface area contributed by atoms with Crippen LogP contribution in [0.1, 0.15) is 10.4 Å². The molecule has 4 nitrogen and oxygen atoms in total. The van der Waals surface area contributed by atoms with Gasteiger partial charge in [-0.1, -0.05) is 0 Å². The van der Waals surface area contributed by atoms with Gasteiger partial charge in [0.15, 0.2) is 0 Å². The molecule has 3 heterocycles. The first-order valence-electron chi connectivity index (χ1n) is 5.65. The lowest BCUT2D eigenvalue weighted by Crippen LogP contribution is -2.05. The summed E-state index contributed by atoms with van der Waals surface area (Å²) >= 11 is 1.56. The molecule has 3 aromatic rings. The van der Waals surface area contributed by atoms with E-state index in [2.05, 4.69) is 9.97 Å². The summed E-state index contributed by atoms with van der Waals surface area (Å²) in [5.41, 5.74) is 2.78. The minimum absolute atomic E-state index is 0.382. The summed E-state index contributed by atoms with van der Waals surface area (Å²) in [6, 6.07) is 5.55. The third-order valence-corrected chi connectivity index (χ3v) is 3.50. The van der Waals surface area contributed by atoms with Crippen LogP contribution in [0.5, 0.6) is 0 Å². The van der Waals surface area contributed by atoms with Crippen molar-refractivity contribution in [1.82, 2.24) is 9.97 Å². The number of rotatable bonds is 2. The summed E-state index contributed by atoms with van der Waals surface area (Å²) in [4.78, 5) is 20.5. The lowest BCUT2D eigenvalue weighted by atomic mass is 10.1. The number of aromatic nitrogens is 2. The summed E-state index contributed by atoms with van der Waals surface area (Å²) in [6.45, 7) is 0. The molecular formula is C14H10N2O2S. The highest BCUT2D eigenvalue weighted by Crippen LogP contribution is 2.27. The van der Waals surface area contributed by atoms with E-state index < -0.39 is 0 Å². The Bertz CT molecular complexity index is 738. The van der Waals surface area contributed by atoms with Gasteiger partial charge in [-0.3, -0.25) is 4.98 Å². The normalized spacial score (nSPS) is 10.6. The molecule has 0 amide bonds. The van der Waals surface area contributed by atoms with Crippen molar-refractivity contribution in [1.29, 1.82) is 0 Å². The number of pyridine rings is 2. The van der Waals surface area contributed by atoms with Crippen LogP contribution in [0.4, 0.5) is 0 Å². The zero-order valence-electron chi connectivity index (χ0n) is 10.2. The molecular weight excluding hydrogens is 260 g/mol. The van der Waals surface area contributed by atoms with Crippen LogP contribution in [0.25, 0.3) is 22.2 Å². The third kappa shape index (κ3) is 2.08. The van der Waals surface area contributed by atoms with Gasteiger partial charge in [0.05, 0.1) is 30.1 Å². The fourth-order valence-electron chi connectivity index (χ4n) is 1.90.